The Bertz CT molecular complexity index is 142. The third-order valence-corrected chi connectivity index (χ3v) is 0.528. The van der Waals surface area contributed by atoms with Crippen LogP contribution in [0.3, 0.4) is 0 Å². The molecule has 1 aromatic heterocycles. The molecule has 0 saturated heterocycles. The molecule has 0 saturated carbocycles. The van der Waals surface area contributed by atoms with Gasteiger partial charge < -0.3 is 4.52 Å². The summed E-state index contributed by atoms with van der Waals surface area (Å²) in [6.45, 7) is 1.64. The van der Waals surface area contributed by atoms with Crippen LogP contribution in [0.2, 0.25) is 0 Å². The molecule has 1 aromatic rings. The molecule has 0 aliphatic heterocycles. The molecule has 0 spiro atoms. The summed E-state index contributed by atoms with van der Waals surface area (Å²) in [5.74, 6) is 0.377. The Balaban J connectivity index is 3.04. The van der Waals surface area contributed by atoms with E-state index in [1.165, 1.54) is 0 Å². The highest BCUT2D eigenvalue weighted by atomic mass is 16.5. The Hall–Kier alpha value is -1.06. The van der Waals surface area contributed by atoms with Crippen molar-refractivity contribution in [3.8, 4) is 0 Å². The van der Waals surface area contributed by atoms with Gasteiger partial charge in [0, 0.05) is 6.92 Å². The lowest BCUT2D eigenvalue weighted by Gasteiger charge is -1.63. The molecule has 0 fully saturated rings. The second-order valence-corrected chi connectivity index (χ2v) is 1.14. The van der Waals surface area contributed by atoms with Crippen LogP contribution >= 0.6 is 0 Å². The molecule has 1 heterocycles. The lowest BCUT2D eigenvalue weighted by Crippen LogP contribution is -1.68. The number of hydrogen-bond donors (Lipinski definition) is 0. The molecule has 7 heavy (non-hydrogen) atoms. The van der Waals surface area contributed by atoms with E-state index in [9.17, 15) is 0 Å². The summed E-state index contributed by atoms with van der Waals surface area (Å²) in [5.41, 5.74) is 6.70. The van der Waals surface area contributed by atoms with Crippen LogP contribution in [0.4, 0.5) is 5.95 Å². The van der Waals surface area contributed by atoms with E-state index in [2.05, 4.69) is 14.7 Å². The molecule has 0 aliphatic carbocycles. The zero-order valence-electron chi connectivity index (χ0n) is 3.80. The van der Waals surface area contributed by atoms with E-state index >= 15 is 0 Å². The third-order valence-electron chi connectivity index (χ3n) is 0.528. The van der Waals surface area contributed by atoms with Crippen molar-refractivity contribution in [3.63, 3.8) is 0 Å². The smallest absolute Gasteiger partial charge is 0.282 e. The van der Waals surface area contributed by atoms with Crippen molar-refractivity contribution in [2.75, 3.05) is 0 Å². The normalized spacial score (nSPS) is 9.29. The van der Waals surface area contributed by atoms with Gasteiger partial charge in [-0.05, 0) is 5.16 Å². The first-order chi connectivity index (χ1) is 3.29. The lowest BCUT2D eigenvalue weighted by atomic mass is 10.8. The third kappa shape index (κ3) is 0.677. The van der Waals surface area contributed by atoms with Gasteiger partial charge in [0.1, 0.15) is 0 Å². The van der Waals surface area contributed by atoms with Gasteiger partial charge in [-0.25, -0.2) is 0 Å². The first kappa shape index (κ1) is 4.11. The minimum Gasteiger partial charge on any atom is -0.338 e. The topological polar surface area (TPSA) is 62.7 Å². The van der Waals surface area contributed by atoms with Crippen molar-refractivity contribution in [1.82, 2.24) is 15.9 Å². The van der Waals surface area contributed by atoms with Crippen molar-refractivity contribution in [2.24, 2.45) is 0 Å². The van der Waals surface area contributed by atoms with E-state index in [0.717, 1.165) is 0 Å². The standard InChI is InChI=1S/C3H4N3O/c1-2-5-3(4)6-7-2/h4H,1H3. The molecular weight excluding hydrogens is 94.1 g/mol. The summed E-state index contributed by atoms with van der Waals surface area (Å²) in [7, 11) is 0. The van der Waals surface area contributed by atoms with Gasteiger partial charge in [0.05, 0.1) is 0 Å². The monoisotopic (exact) mass is 98.0 g/mol. The van der Waals surface area contributed by atoms with E-state index < -0.39 is 0 Å². The SMILES string of the molecule is Cc1nc([NH])no1. The minimum absolute atomic E-state index is 0.0579. The Morgan fingerprint density at radius 3 is 2.57 bits per heavy atom. The van der Waals surface area contributed by atoms with E-state index in [0.29, 0.717) is 5.89 Å². The Labute approximate surface area is 40.3 Å². The molecule has 0 atom stereocenters. The second kappa shape index (κ2) is 1.22. The first-order valence-electron chi connectivity index (χ1n) is 1.81. The number of aromatic nitrogens is 2. The molecule has 37 valence electrons. The van der Waals surface area contributed by atoms with E-state index in [1.807, 2.05) is 0 Å². The van der Waals surface area contributed by atoms with Crippen molar-refractivity contribution in [3.05, 3.63) is 5.89 Å². The van der Waals surface area contributed by atoms with Crippen LogP contribution in [-0.4, -0.2) is 10.1 Å². The number of hydrogen-bond acceptors (Lipinski definition) is 3. The van der Waals surface area contributed by atoms with E-state index in [4.69, 9.17) is 5.73 Å². The van der Waals surface area contributed by atoms with Crippen molar-refractivity contribution in [1.29, 1.82) is 0 Å². The average molecular weight is 98.1 g/mol. The zero-order valence-corrected chi connectivity index (χ0v) is 3.80. The largest absolute Gasteiger partial charge is 0.338 e. The zero-order chi connectivity index (χ0) is 5.28. The summed E-state index contributed by atoms with van der Waals surface area (Å²) in [6, 6.07) is 0. The fraction of sp³-hybridized carbons (Fsp3) is 0.333. The van der Waals surface area contributed by atoms with Gasteiger partial charge in [0.25, 0.3) is 5.95 Å². The highest BCUT2D eigenvalue weighted by Gasteiger charge is 1.91. The molecule has 0 amide bonds. The van der Waals surface area contributed by atoms with Crippen LogP contribution in [0.25, 0.3) is 0 Å². The van der Waals surface area contributed by atoms with Crippen LogP contribution in [0.1, 0.15) is 5.89 Å². The molecule has 1 N–H and O–H groups in total. The molecule has 1 rings (SSSR count). The lowest BCUT2D eigenvalue weighted by molar-refractivity contribution is 0.394. The predicted molar refractivity (Wildman–Crippen MR) is 21.8 cm³/mol. The summed E-state index contributed by atoms with van der Waals surface area (Å²) < 4.78 is 4.42. The Kier molecular flexibility index (Phi) is 0.714. The van der Waals surface area contributed by atoms with Gasteiger partial charge in [-0.1, -0.05) is 0 Å². The maximum absolute atomic E-state index is 6.70. The van der Waals surface area contributed by atoms with Gasteiger partial charge in [0.2, 0.25) is 5.89 Å². The van der Waals surface area contributed by atoms with Gasteiger partial charge in [0.15, 0.2) is 0 Å². The number of nitrogens with zero attached hydrogens (tertiary/aromatic N) is 2. The molecule has 4 nitrogen and oxygen atoms in total. The van der Waals surface area contributed by atoms with Crippen LogP contribution in [0, 0.1) is 6.92 Å². The quantitative estimate of drug-likeness (QED) is 0.468. The molecule has 0 aromatic carbocycles. The van der Waals surface area contributed by atoms with Gasteiger partial charge in [-0.2, -0.15) is 4.98 Å². The maximum Gasteiger partial charge on any atom is 0.282 e. The Morgan fingerprint density at radius 2 is 2.43 bits per heavy atom. The van der Waals surface area contributed by atoms with Crippen molar-refractivity contribution >= 4 is 5.95 Å². The van der Waals surface area contributed by atoms with Gasteiger partial charge >= 0.3 is 0 Å². The molecule has 1 radical (unpaired) electrons. The second-order valence-electron chi connectivity index (χ2n) is 1.14. The van der Waals surface area contributed by atoms with Gasteiger partial charge in [-0.3, -0.25) is 5.73 Å². The highest BCUT2D eigenvalue weighted by Crippen LogP contribution is 1.94. The van der Waals surface area contributed by atoms with E-state index in [-0.39, 0.29) is 5.95 Å². The van der Waals surface area contributed by atoms with Crippen LogP contribution in [0.5, 0.6) is 0 Å². The fourth-order valence-corrected chi connectivity index (χ4v) is 0.299. The fourth-order valence-electron chi connectivity index (χ4n) is 0.299. The molecule has 0 unspecified atom stereocenters. The summed E-state index contributed by atoms with van der Waals surface area (Å²) in [5, 5.41) is 3.20. The molecule has 0 bridgehead atoms. The summed E-state index contributed by atoms with van der Waals surface area (Å²) in [6.07, 6.45) is 0. The Morgan fingerprint density at radius 1 is 1.71 bits per heavy atom. The summed E-state index contributed by atoms with van der Waals surface area (Å²) in [4.78, 5) is 3.50. The number of rotatable bonds is 0. The number of nitrogens with one attached hydrogen (secondary N) is 1. The minimum atomic E-state index is -0.0579. The van der Waals surface area contributed by atoms with Crippen LogP contribution in [0.15, 0.2) is 4.52 Å². The van der Waals surface area contributed by atoms with Crippen molar-refractivity contribution < 1.29 is 4.52 Å². The predicted octanol–water partition coefficient (Wildman–Crippen LogP) is 0.292. The summed E-state index contributed by atoms with van der Waals surface area (Å²) >= 11 is 0. The number of aryl methyl sites for hydroxylation is 1. The molecule has 4 heteroatoms. The maximum atomic E-state index is 6.70. The van der Waals surface area contributed by atoms with Crippen molar-refractivity contribution in [2.45, 2.75) is 6.92 Å². The first-order valence-corrected chi connectivity index (χ1v) is 1.81. The van der Waals surface area contributed by atoms with Gasteiger partial charge in [-0.15, -0.1) is 0 Å². The highest BCUT2D eigenvalue weighted by molar-refractivity contribution is 5.02. The molecule has 0 aliphatic rings. The van der Waals surface area contributed by atoms with Crippen LogP contribution in [-0.2, 0) is 0 Å². The molecular formula is C3H4N3O. The average Bonchev–Trinajstić information content (AvgIpc) is 1.87. The van der Waals surface area contributed by atoms with Crippen LogP contribution < -0.4 is 5.73 Å². The van der Waals surface area contributed by atoms with E-state index in [1.54, 1.807) is 6.92 Å².